The van der Waals surface area contributed by atoms with Crippen LogP contribution in [0.25, 0.3) is 10.9 Å². The topological polar surface area (TPSA) is 37.0 Å². The quantitative estimate of drug-likeness (QED) is 0.596. The first-order valence-corrected chi connectivity index (χ1v) is 8.96. The summed E-state index contributed by atoms with van der Waals surface area (Å²) >= 11 is 12.1. The summed E-state index contributed by atoms with van der Waals surface area (Å²) in [4.78, 5) is 4.38. The molecule has 0 saturated carbocycles. The van der Waals surface area contributed by atoms with Gasteiger partial charge in [-0.25, -0.2) is 0 Å². The lowest BCUT2D eigenvalue weighted by Crippen LogP contribution is -2.44. The minimum atomic E-state index is -0.0929. The van der Waals surface area contributed by atoms with E-state index in [9.17, 15) is 0 Å². The third-order valence-electron chi connectivity index (χ3n) is 4.09. The van der Waals surface area contributed by atoms with Crippen molar-refractivity contribution in [3.8, 4) is 0 Å². The number of anilines is 1. The highest BCUT2D eigenvalue weighted by molar-refractivity contribution is 6.31. The van der Waals surface area contributed by atoms with Crippen molar-refractivity contribution in [1.82, 2.24) is 10.3 Å². The summed E-state index contributed by atoms with van der Waals surface area (Å²) in [5.74, 6) is 0. The molecule has 3 aromatic rings. The zero-order valence-corrected chi connectivity index (χ0v) is 15.8. The lowest BCUT2D eigenvalue weighted by molar-refractivity contribution is 0.407. The molecule has 3 rings (SSSR count). The van der Waals surface area contributed by atoms with Crippen LogP contribution in [0.3, 0.4) is 0 Å². The van der Waals surface area contributed by atoms with Crippen LogP contribution < -0.4 is 10.6 Å². The maximum atomic E-state index is 6.05. The number of hydrogen-bond acceptors (Lipinski definition) is 3. The van der Waals surface area contributed by atoms with Gasteiger partial charge in [-0.2, -0.15) is 0 Å². The summed E-state index contributed by atoms with van der Waals surface area (Å²) in [5.41, 5.74) is 3.02. The van der Waals surface area contributed by atoms with Gasteiger partial charge in [0.15, 0.2) is 0 Å². The molecule has 0 amide bonds. The fraction of sp³-hybridized carbons (Fsp3) is 0.250. The average molecular weight is 374 g/mol. The predicted octanol–water partition coefficient (Wildman–Crippen LogP) is 5.52. The summed E-state index contributed by atoms with van der Waals surface area (Å²) in [7, 11) is 0. The summed E-state index contributed by atoms with van der Waals surface area (Å²) < 4.78 is 0. The third-order valence-corrected chi connectivity index (χ3v) is 4.56. The minimum absolute atomic E-state index is 0.0929. The van der Waals surface area contributed by atoms with Crippen molar-refractivity contribution in [1.29, 1.82) is 0 Å². The van der Waals surface area contributed by atoms with Crippen LogP contribution in [-0.2, 0) is 6.54 Å². The Morgan fingerprint density at radius 3 is 2.60 bits per heavy atom. The monoisotopic (exact) mass is 373 g/mol. The molecule has 25 heavy (non-hydrogen) atoms. The van der Waals surface area contributed by atoms with Gasteiger partial charge in [-0.05, 0) is 55.8 Å². The Balaban J connectivity index is 1.66. The Kier molecular flexibility index (Phi) is 5.48. The molecular weight excluding hydrogens is 353 g/mol. The van der Waals surface area contributed by atoms with Crippen LogP contribution in [0.5, 0.6) is 0 Å². The lowest BCUT2D eigenvalue weighted by Gasteiger charge is -2.27. The summed E-state index contributed by atoms with van der Waals surface area (Å²) in [6.07, 6.45) is 1.80. The number of nitrogens with zero attached hydrogens (tertiary/aromatic N) is 1. The molecular formula is C20H21Cl2N3. The van der Waals surface area contributed by atoms with Crippen molar-refractivity contribution in [3.63, 3.8) is 0 Å². The van der Waals surface area contributed by atoms with Crippen LogP contribution in [0.1, 0.15) is 19.4 Å². The summed E-state index contributed by atoms with van der Waals surface area (Å²) in [5, 5.41) is 9.62. The maximum Gasteiger partial charge on any atom is 0.0737 e. The number of fused-ring (bicyclic) bond motifs is 1. The minimum Gasteiger partial charge on any atom is -0.383 e. The van der Waals surface area contributed by atoms with E-state index in [1.807, 2.05) is 42.5 Å². The summed E-state index contributed by atoms with van der Waals surface area (Å²) in [6.45, 7) is 5.88. The first kappa shape index (κ1) is 18.0. The average Bonchev–Trinajstić information content (AvgIpc) is 2.58. The first-order chi connectivity index (χ1) is 11.9. The van der Waals surface area contributed by atoms with E-state index in [2.05, 4.69) is 35.5 Å². The van der Waals surface area contributed by atoms with Crippen molar-refractivity contribution >= 4 is 39.8 Å². The standard InChI is InChI=1S/C20H21Cl2N3/c1-20(2,25-12-14-4-3-5-15(21)10-14)13-24-18-8-9-23-19-11-16(22)6-7-17(18)19/h3-11,25H,12-13H2,1-2H3,(H,23,24). The van der Waals surface area contributed by atoms with E-state index < -0.39 is 0 Å². The molecule has 0 aliphatic heterocycles. The molecule has 0 unspecified atom stereocenters. The molecule has 0 aliphatic rings. The Morgan fingerprint density at radius 1 is 1.00 bits per heavy atom. The number of halogens is 2. The van der Waals surface area contributed by atoms with Crippen molar-refractivity contribution < 1.29 is 0 Å². The van der Waals surface area contributed by atoms with E-state index in [0.717, 1.165) is 34.7 Å². The van der Waals surface area contributed by atoms with Gasteiger partial charge < -0.3 is 10.6 Å². The van der Waals surface area contributed by atoms with Crippen LogP contribution in [0, 0.1) is 0 Å². The van der Waals surface area contributed by atoms with E-state index in [1.165, 1.54) is 5.56 Å². The van der Waals surface area contributed by atoms with Crippen molar-refractivity contribution in [2.24, 2.45) is 0 Å². The first-order valence-electron chi connectivity index (χ1n) is 8.21. The van der Waals surface area contributed by atoms with Crippen molar-refractivity contribution in [2.45, 2.75) is 25.9 Å². The predicted molar refractivity (Wildman–Crippen MR) is 108 cm³/mol. The van der Waals surface area contributed by atoms with Crippen LogP contribution in [0.4, 0.5) is 5.69 Å². The fourth-order valence-electron chi connectivity index (χ4n) is 2.64. The Labute approximate surface area is 158 Å². The molecule has 1 heterocycles. The molecule has 0 radical (unpaired) electrons. The second-order valence-electron chi connectivity index (χ2n) is 6.74. The molecule has 5 heteroatoms. The van der Waals surface area contributed by atoms with Gasteiger partial charge in [-0.3, -0.25) is 4.98 Å². The Hall–Kier alpha value is -1.81. The van der Waals surface area contributed by atoms with Gasteiger partial charge in [0.2, 0.25) is 0 Å². The van der Waals surface area contributed by atoms with E-state index in [0.29, 0.717) is 5.02 Å². The molecule has 0 spiro atoms. The van der Waals surface area contributed by atoms with E-state index in [-0.39, 0.29) is 5.54 Å². The SMILES string of the molecule is CC(C)(CNc1ccnc2cc(Cl)ccc12)NCc1cccc(Cl)c1. The summed E-state index contributed by atoms with van der Waals surface area (Å²) in [6, 6.07) is 15.7. The van der Waals surface area contributed by atoms with Gasteiger partial charge in [0.1, 0.15) is 0 Å². The molecule has 1 aromatic heterocycles. The smallest absolute Gasteiger partial charge is 0.0737 e. The van der Waals surface area contributed by atoms with E-state index in [4.69, 9.17) is 23.2 Å². The van der Waals surface area contributed by atoms with Gasteiger partial charge >= 0.3 is 0 Å². The zero-order chi connectivity index (χ0) is 17.9. The molecule has 0 saturated heterocycles. The van der Waals surface area contributed by atoms with Crippen LogP contribution in [0.2, 0.25) is 10.0 Å². The van der Waals surface area contributed by atoms with E-state index in [1.54, 1.807) is 6.20 Å². The van der Waals surface area contributed by atoms with Crippen molar-refractivity contribution in [3.05, 3.63) is 70.3 Å². The van der Waals surface area contributed by atoms with Crippen LogP contribution in [-0.4, -0.2) is 17.1 Å². The van der Waals surface area contributed by atoms with E-state index >= 15 is 0 Å². The highest BCUT2D eigenvalue weighted by atomic mass is 35.5. The molecule has 0 aliphatic carbocycles. The van der Waals surface area contributed by atoms with Gasteiger partial charge in [-0.15, -0.1) is 0 Å². The van der Waals surface area contributed by atoms with Crippen molar-refractivity contribution in [2.75, 3.05) is 11.9 Å². The zero-order valence-electron chi connectivity index (χ0n) is 14.3. The van der Waals surface area contributed by atoms with Gasteiger partial charge in [0.25, 0.3) is 0 Å². The highest BCUT2D eigenvalue weighted by Gasteiger charge is 2.17. The number of aromatic nitrogens is 1. The molecule has 0 bridgehead atoms. The van der Waals surface area contributed by atoms with Gasteiger partial charge in [0.05, 0.1) is 5.52 Å². The van der Waals surface area contributed by atoms with Gasteiger partial charge in [-0.1, -0.05) is 35.3 Å². The Bertz CT molecular complexity index is 878. The second-order valence-corrected chi connectivity index (χ2v) is 7.61. The molecule has 130 valence electrons. The Morgan fingerprint density at radius 2 is 1.80 bits per heavy atom. The maximum absolute atomic E-state index is 6.05. The second kappa shape index (κ2) is 7.61. The normalized spacial score (nSPS) is 11.7. The lowest BCUT2D eigenvalue weighted by atomic mass is 10.0. The number of pyridine rings is 1. The number of nitrogens with one attached hydrogen (secondary N) is 2. The molecule has 0 atom stereocenters. The molecule has 2 aromatic carbocycles. The van der Waals surface area contributed by atoms with Gasteiger partial charge in [0, 0.05) is 45.9 Å². The molecule has 0 fully saturated rings. The fourth-order valence-corrected chi connectivity index (χ4v) is 3.02. The number of benzene rings is 2. The molecule has 3 nitrogen and oxygen atoms in total. The van der Waals surface area contributed by atoms with Crippen LogP contribution in [0.15, 0.2) is 54.7 Å². The largest absolute Gasteiger partial charge is 0.383 e. The number of hydrogen-bond donors (Lipinski definition) is 2. The molecule has 2 N–H and O–H groups in total. The highest BCUT2D eigenvalue weighted by Crippen LogP contribution is 2.24. The van der Waals surface area contributed by atoms with Crippen LogP contribution >= 0.6 is 23.2 Å². The third kappa shape index (κ3) is 4.85. The number of rotatable bonds is 6.